The van der Waals surface area contributed by atoms with Gasteiger partial charge in [0.2, 0.25) is 0 Å². The van der Waals surface area contributed by atoms with Gasteiger partial charge in [-0.3, -0.25) is 0 Å². The fourth-order valence-electron chi connectivity index (χ4n) is 6.65. The number of benzene rings is 3. The third-order valence-electron chi connectivity index (χ3n) is 8.84. The van der Waals surface area contributed by atoms with E-state index in [4.69, 9.17) is 0 Å². The molecule has 0 spiro atoms. The summed E-state index contributed by atoms with van der Waals surface area (Å²) in [6.45, 7) is 23.7. The summed E-state index contributed by atoms with van der Waals surface area (Å²) in [6, 6.07) is 26.0. The van der Waals surface area contributed by atoms with E-state index >= 15 is 0 Å². The van der Waals surface area contributed by atoms with Gasteiger partial charge in [-0.25, -0.2) is 0 Å². The Hall–Kier alpha value is -1.53. The van der Waals surface area contributed by atoms with Crippen molar-refractivity contribution in [1.29, 1.82) is 0 Å². The predicted octanol–water partition coefficient (Wildman–Crippen LogP) is 4.33. The molecule has 0 saturated carbocycles. The molecule has 0 bridgehead atoms. The van der Waals surface area contributed by atoms with Crippen LogP contribution in [-0.2, 0) is 32.1 Å². The minimum Gasteiger partial charge on any atom is -1.00 e. The van der Waals surface area contributed by atoms with E-state index in [1.807, 2.05) is 0 Å². The summed E-state index contributed by atoms with van der Waals surface area (Å²) < 4.78 is 5.04. The molecule has 0 saturated heterocycles. The monoisotopic (exact) mass is 662 g/mol. The van der Waals surface area contributed by atoms with Crippen LogP contribution < -0.4 is 24.8 Å². The smallest absolute Gasteiger partial charge is 1.00 e. The van der Waals surface area contributed by atoms with Crippen LogP contribution in [-0.4, -0.2) is 3.71 Å². The van der Waals surface area contributed by atoms with Gasteiger partial charge in [0.05, 0.1) is 0 Å². The maximum Gasteiger partial charge on any atom is -1.00 e. The molecule has 3 aromatic rings. The fraction of sp³-hybridized carbons (Fsp3) is 0.395. The number of allylic oxidation sites excluding steroid dienone is 4. The average Bonchev–Trinajstić information content (AvgIpc) is 3.35. The number of halogens is 2. The van der Waals surface area contributed by atoms with E-state index in [0.29, 0.717) is 15.5 Å². The van der Waals surface area contributed by atoms with Crippen LogP contribution in [0.4, 0.5) is 0 Å². The number of hydrogen-bond acceptors (Lipinski definition) is 0. The van der Waals surface area contributed by atoms with Crippen molar-refractivity contribution in [2.24, 2.45) is 11.8 Å². The Balaban J connectivity index is 0.00000231. The molecule has 216 valence electrons. The van der Waals surface area contributed by atoms with Gasteiger partial charge in [0.25, 0.3) is 0 Å². The summed E-state index contributed by atoms with van der Waals surface area (Å²) in [5.41, 5.74) is 13.8. The molecule has 1 atom stereocenters. The van der Waals surface area contributed by atoms with E-state index in [1.54, 1.807) is 25.6 Å². The van der Waals surface area contributed by atoms with Gasteiger partial charge in [-0.2, -0.15) is 0 Å². The van der Waals surface area contributed by atoms with Crippen molar-refractivity contribution < 1.29 is 46.1 Å². The van der Waals surface area contributed by atoms with E-state index in [9.17, 15) is 0 Å². The van der Waals surface area contributed by atoms with Gasteiger partial charge in [0, 0.05) is 0 Å². The minimum atomic E-state index is -2.50. The van der Waals surface area contributed by atoms with Crippen LogP contribution in [0.5, 0.6) is 0 Å². The van der Waals surface area contributed by atoms with Crippen LogP contribution >= 0.6 is 0 Å². The molecule has 5 rings (SSSR count). The predicted molar refractivity (Wildman–Crippen MR) is 168 cm³/mol. The third kappa shape index (κ3) is 6.54. The summed E-state index contributed by atoms with van der Waals surface area (Å²) in [5, 5.41) is 0. The molecule has 3 aromatic carbocycles. The molecule has 3 heteroatoms. The van der Waals surface area contributed by atoms with E-state index in [-0.39, 0.29) is 35.6 Å². The van der Waals surface area contributed by atoms with Gasteiger partial charge in [-0.15, -0.1) is 0 Å². The van der Waals surface area contributed by atoms with E-state index < -0.39 is 21.3 Å². The molecule has 0 aliphatic heterocycles. The van der Waals surface area contributed by atoms with Crippen LogP contribution in [0.3, 0.4) is 0 Å². The van der Waals surface area contributed by atoms with Gasteiger partial charge < -0.3 is 24.8 Å². The Morgan fingerprint density at radius 1 is 0.732 bits per heavy atom. The first kappa shape index (κ1) is 34.0. The second-order valence-electron chi connectivity index (χ2n) is 14.2. The van der Waals surface area contributed by atoms with E-state index in [2.05, 4.69) is 146 Å². The maximum absolute atomic E-state index is 2.77. The SMILES string of the molecule is CC1=[C](/[Zr+2](=[CH]\c2ccccc2)[CH]2c3cc(C(C)(C)C)ccc3-c3ccc(C(C)(C)C)cc32)C(C)C=C1C(C)C.[Cl-].[Cl-]. The van der Waals surface area contributed by atoms with Gasteiger partial charge in [-0.05, 0) is 0 Å². The molecule has 1 unspecified atom stereocenters. The van der Waals surface area contributed by atoms with Crippen molar-refractivity contribution in [1.82, 2.24) is 0 Å². The molecule has 0 fully saturated rings. The average molecular weight is 665 g/mol. The summed E-state index contributed by atoms with van der Waals surface area (Å²) in [6.07, 6.45) is 2.59. The summed E-state index contributed by atoms with van der Waals surface area (Å²) in [4.78, 5) is 0. The normalized spacial score (nSPS) is 16.8. The summed E-state index contributed by atoms with van der Waals surface area (Å²) in [5.74, 6) is 1.08. The Morgan fingerprint density at radius 2 is 1.22 bits per heavy atom. The number of fused-ring (bicyclic) bond motifs is 3. The Morgan fingerprint density at radius 3 is 1.63 bits per heavy atom. The van der Waals surface area contributed by atoms with E-state index in [1.165, 1.54) is 27.8 Å². The zero-order valence-electron chi connectivity index (χ0n) is 26.5. The maximum atomic E-state index is 2.77. The standard InChI is InChI=1S/C21H25.C10H15.C7H6.2ClH.Zr/c1-20(2,3)16-7-9-18-14(12-16)11-15-13-17(21(4,5)6)8-10-19(15)18;1-7(2)10-6-8(3)5-9(10)4;1-7-5-3-2-4-6-7;;;/h7-13H,1-6H3;6-8H,1-4H3;1-6H;2*1H;/q;;;;;+2/p-2. The van der Waals surface area contributed by atoms with Gasteiger partial charge >= 0.3 is 247 Å². The molecule has 41 heavy (non-hydrogen) atoms. The first-order valence-corrected chi connectivity index (χ1v) is 18.8. The van der Waals surface area contributed by atoms with Crippen LogP contribution in [0.1, 0.15) is 101 Å². The topological polar surface area (TPSA) is 0 Å². The number of hydrogen-bond donors (Lipinski definition) is 0. The van der Waals surface area contributed by atoms with Crippen molar-refractivity contribution in [3.05, 3.63) is 115 Å². The molecular weight excluding hydrogens is 619 g/mol. The second-order valence-corrected chi connectivity index (χ2v) is 19.8. The first-order chi connectivity index (χ1) is 18.3. The van der Waals surface area contributed by atoms with Crippen molar-refractivity contribution in [3.63, 3.8) is 0 Å². The molecule has 0 N–H and O–H groups in total. The third-order valence-corrected chi connectivity index (χ3v) is 17.0. The quantitative estimate of drug-likeness (QED) is 0.390. The van der Waals surface area contributed by atoms with Gasteiger partial charge in [-0.1, -0.05) is 0 Å². The van der Waals surface area contributed by atoms with Crippen molar-refractivity contribution in [2.75, 3.05) is 0 Å². The van der Waals surface area contributed by atoms with Crippen LogP contribution in [0.25, 0.3) is 11.1 Å². The van der Waals surface area contributed by atoms with Gasteiger partial charge in [0.1, 0.15) is 0 Å². The largest absolute Gasteiger partial charge is 1.00 e. The van der Waals surface area contributed by atoms with Crippen LogP contribution in [0.2, 0.25) is 0 Å². The van der Waals surface area contributed by atoms with Crippen LogP contribution in [0.15, 0.2) is 87.2 Å². The second kappa shape index (κ2) is 12.6. The van der Waals surface area contributed by atoms with Crippen molar-refractivity contribution in [3.8, 4) is 11.1 Å². The zero-order valence-corrected chi connectivity index (χ0v) is 30.5. The molecule has 0 aromatic heterocycles. The van der Waals surface area contributed by atoms with E-state index in [0.717, 1.165) is 0 Å². The minimum absolute atomic E-state index is 0. The molecular formula is C38H46Cl2Zr. The first-order valence-electron chi connectivity index (χ1n) is 14.8. The van der Waals surface area contributed by atoms with Crippen LogP contribution in [0, 0.1) is 11.8 Å². The Labute approximate surface area is 269 Å². The number of rotatable bonds is 4. The Bertz CT molecular complexity index is 1440. The molecule has 0 amide bonds. The van der Waals surface area contributed by atoms with Gasteiger partial charge in [0.15, 0.2) is 0 Å². The summed E-state index contributed by atoms with van der Waals surface area (Å²) >= 11 is -2.50. The molecule has 0 nitrogen and oxygen atoms in total. The van der Waals surface area contributed by atoms with Crippen molar-refractivity contribution >= 4 is 3.71 Å². The molecule has 0 heterocycles. The van der Waals surface area contributed by atoms with Crippen molar-refractivity contribution in [2.45, 2.75) is 83.7 Å². The summed E-state index contributed by atoms with van der Waals surface area (Å²) in [7, 11) is 0. The molecule has 0 radical (unpaired) electrons. The Kier molecular flexibility index (Phi) is 10.4. The fourth-order valence-corrected chi connectivity index (χ4v) is 15.3. The zero-order chi connectivity index (χ0) is 28.3. The molecule has 2 aliphatic rings. The molecule has 2 aliphatic carbocycles.